The van der Waals surface area contributed by atoms with Crippen molar-refractivity contribution in [3.8, 4) is 11.5 Å². The molecule has 11 heteroatoms. The van der Waals surface area contributed by atoms with Gasteiger partial charge < -0.3 is 9.47 Å². The molecule has 1 heterocycles. The molecule has 0 radical (unpaired) electrons. The van der Waals surface area contributed by atoms with E-state index in [9.17, 15) is 14.9 Å². The van der Waals surface area contributed by atoms with Gasteiger partial charge in [0, 0.05) is 17.6 Å². The third-order valence-electron chi connectivity index (χ3n) is 3.97. The number of amides is 1. The van der Waals surface area contributed by atoms with Crippen LogP contribution in [0.5, 0.6) is 11.5 Å². The van der Waals surface area contributed by atoms with E-state index in [0.29, 0.717) is 5.75 Å². The number of nitro benzene ring substituents is 1. The zero-order chi connectivity index (χ0) is 21.5. The number of anilines is 1. The third-order valence-corrected chi connectivity index (χ3v) is 6.00. The Morgan fingerprint density at radius 1 is 1.13 bits per heavy atom. The number of methoxy groups -OCH3 is 2. The van der Waals surface area contributed by atoms with Crippen molar-refractivity contribution in [1.29, 1.82) is 0 Å². The van der Waals surface area contributed by atoms with Gasteiger partial charge in [-0.05, 0) is 5.56 Å². The first-order valence-electron chi connectivity index (χ1n) is 8.67. The van der Waals surface area contributed by atoms with E-state index in [2.05, 4.69) is 27.6 Å². The molecule has 30 heavy (non-hydrogen) atoms. The number of nitro groups is 1. The molecule has 1 aromatic heterocycles. The van der Waals surface area contributed by atoms with Gasteiger partial charge in [-0.3, -0.25) is 20.2 Å². The molecule has 0 aliphatic carbocycles. The Morgan fingerprint density at radius 2 is 1.83 bits per heavy atom. The fourth-order valence-electron chi connectivity index (χ4n) is 2.56. The number of benzene rings is 2. The smallest absolute Gasteiger partial charge is 0.286 e. The first-order valence-corrected chi connectivity index (χ1v) is 10.6. The summed E-state index contributed by atoms with van der Waals surface area (Å²) >= 11 is 2.90. The average Bonchev–Trinajstić information content (AvgIpc) is 3.20. The van der Waals surface area contributed by atoms with Crippen molar-refractivity contribution in [3.05, 3.63) is 68.7 Å². The standard InChI is InChI=1S/C19H18N4O5S2/c1-27-15-8-13(14(23(25)26)9-16(15)28-2)18(24)20-19-22-21-17(30-19)11-29-10-12-6-4-3-5-7-12/h3-9H,10-11H2,1-2H3,(H,20,22,24). The summed E-state index contributed by atoms with van der Waals surface area (Å²) in [5, 5.41) is 23.0. The minimum atomic E-state index is -0.678. The highest BCUT2D eigenvalue weighted by Gasteiger charge is 2.25. The number of ether oxygens (including phenoxy) is 2. The fourth-order valence-corrected chi connectivity index (χ4v) is 4.34. The van der Waals surface area contributed by atoms with Crippen LogP contribution >= 0.6 is 23.1 Å². The van der Waals surface area contributed by atoms with Crippen molar-refractivity contribution in [1.82, 2.24) is 10.2 Å². The van der Waals surface area contributed by atoms with Crippen LogP contribution in [-0.2, 0) is 11.5 Å². The molecule has 0 saturated carbocycles. The van der Waals surface area contributed by atoms with E-state index in [1.54, 1.807) is 11.8 Å². The first kappa shape index (κ1) is 21.5. The molecular formula is C19H18N4O5S2. The highest BCUT2D eigenvalue weighted by atomic mass is 32.2. The van der Waals surface area contributed by atoms with E-state index < -0.39 is 16.5 Å². The molecule has 0 aliphatic rings. The molecule has 1 N–H and O–H groups in total. The number of aromatic nitrogens is 2. The highest BCUT2D eigenvalue weighted by molar-refractivity contribution is 7.97. The second-order valence-electron chi connectivity index (χ2n) is 5.91. The van der Waals surface area contributed by atoms with Gasteiger partial charge in [0.1, 0.15) is 10.6 Å². The van der Waals surface area contributed by atoms with Crippen LogP contribution in [0.15, 0.2) is 42.5 Å². The molecule has 0 unspecified atom stereocenters. The summed E-state index contributed by atoms with van der Waals surface area (Å²) in [5.41, 5.74) is 0.655. The fraction of sp³-hybridized carbons (Fsp3) is 0.211. The van der Waals surface area contributed by atoms with Crippen molar-refractivity contribution >= 4 is 39.8 Å². The second kappa shape index (κ2) is 10.0. The number of hydrogen-bond acceptors (Lipinski definition) is 9. The normalized spacial score (nSPS) is 10.5. The molecule has 0 aliphatic heterocycles. The third kappa shape index (κ3) is 5.24. The highest BCUT2D eigenvalue weighted by Crippen LogP contribution is 2.35. The van der Waals surface area contributed by atoms with Gasteiger partial charge in [-0.2, -0.15) is 0 Å². The van der Waals surface area contributed by atoms with Crippen LogP contribution in [0, 0.1) is 10.1 Å². The van der Waals surface area contributed by atoms with Crippen LogP contribution < -0.4 is 14.8 Å². The molecule has 1 amide bonds. The van der Waals surface area contributed by atoms with Crippen LogP contribution in [0.25, 0.3) is 0 Å². The maximum Gasteiger partial charge on any atom is 0.286 e. The van der Waals surface area contributed by atoms with E-state index in [-0.39, 0.29) is 22.2 Å². The molecular weight excluding hydrogens is 428 g/mol. The zero-order valence-corrected chi connectivity index (χ0v) is 17.8. The number of thioether (sulfide) groups is 1. The van der Waals surface area contributed by atoms with E-state index in [1.165, 1.54) is 37.2 Å². The summed E-state index contributed by atoms with van der Waals surface area (Å²) in [7, 11) is 2.75. The van der Waals surface area contributed by atoms with Crippen molar-refractivity contribution in [2.75, 3.05) is 19.5 Å². The van der Waals surface area contributed by atoms with Crippen LogP contribution in [-0.4, -0.2) is 35.2 Å². The molecule has 9 nitrogen and oxygen atoms in total. The lowest BCUT2D eigenvalue weighted by molar-refractivity contribution is -0.385. The lowest BCUT2D eigenvalue weighted by atomic mass is 10.1. The SMILES string of the molecule is COc1cc(C(=O)Nc2nnc(CSCc3ccccc3)s2)c([N+](=O)[O-])cc1OC. The van der Waals surface area contributed by atoms with Gasteiger partial charge in [0.15, 0.2) is 11.5 Å². The predicted molar refractivity (Wildman–Crippen MR) is 116 cm³/mol. The average molecular weight is 447 g/mol. The van der Waals surface area contributed by atoms with Gasteiger partial charge in [0.05, 0.1) is 25.2 Å². The number of carbonyl (C=O) groups excluding carboxylic acids is 1. The second-order valence-corrected chi connectivity index (χ2v) is 7.96. The van der Waals surface area contributed by atoms with Gasteiger partial charge in [0.25, 0.3) is 11.6 Å². The molecule has 0 atom stereocenters. The molecule has 2 aromatic carbocycles. The van der Waals surface area contributed by atoms with Crippen LogP contribution in [0.2, 0.25) is 0 Å². The van der Waals surface area contributed by atoms with Gasteiger partial charge >= 0.3 is 0 Å². The Kier molecular flexibility index (Phi) is 7.20. The molecule has 156 valence electrons. The topological polar surface area (TPSA) is 116 Å². The van der Waals surface area contributed by atoms with E-state index >= 15 is 0 Å². The lowest BCUT2D eigenvalue weighted by Crippen LogP contribution is -2.14. The van der Waals surface area contributed by atoms with Crippen molar-refractivity contribution in [3.63, 3.8) is 0 Å². The number of nitrogens with zero attached hydrogens (tertiary/aromatic N) is 3. The summed E-state index contributed by atoms with van der Waals surface area (Å²) in [6.45, 7) is 0. The van der Waals surface area contributed by atoms with Crippen LogP contribution in [0.4, 0.5) is 10.8 Å². The van der Waals surface area contributed by atoms with Crippen molar-refractivity contribution in [2.24, 2.45) is 0 Å². The number of hydrogen-bond donors (Lipinski definition) is 1. The van der Waals surface area contributed by atoms with Gasteiger partial charge in [-0.15, -0.1) is 22.0 Å². The Labute approximate surface area is 180 Å². The minimum Gasteiger partial charge on any atom is -0.493 e. The van der Waals surface area contributed by atoms with Gasteiger partial charge in [0.2, 0.25) is 5.13 Å². The predicted octanol–water partition coefficient (Wildman–Crippen LogP) is 4.15. The quantitative estimate of drug-likeness (QED) is 0.385. The van der Waals surface area contributed by atoms with E-state index in [0.717, 1.165) is 16.8 Å². The lowest BCUT2D eigenvalue weighted by Gasteiger charge is -2.10. The maximum atomic E-state index is 12.6. The van der Waals surface area contributed by atoms with Crippen molar-refractivity contribution < 1.29 is 19.2 Å². The Balaban J connectivity index is 1.68. The van der Waals surface area contributed by atoms with Crippen LogP contribution in [0.1, 0.15) is 20.9 Å². The largest absolute Gasteiger partial charge is 0.493 e. The Bertz CT molecular complexity index is 1040. The number of rotatable bonds is 9. The first-order chi connectivity index (χ1) is 14.5. The van der Waals surface area contributed by atoms with E-state index in [4.69, 9.17) is 9.47 Å². The monoisotopic (exact) mass is 446 g/mol. The number of nitrogens with one attached hydrogen (secondary N) is 1. The zero-order valence-electron chi connectivity index (χ0n) is 16.2. The molecule has 3 aromatic rings. The summed E-state index contributed by atoms with van der Waals surface area (Å²) in [5.74, 6) is 1.17. The summed E-state index contributed by atoms with van der Waals surface area (Å²) in [6, 6.07) is 12.5. The molecule has 0 fully saturated rings. The van der Waals surface area contributed by atoms with Gasteiger partial charge in [-0.25, -0.2) is 0 Å². The molecule has 0 saturated heterocycles. The van der Waals surface area contributed by atoms with Crippen LogP contribution in [0.3, 0.4) is 0 Å². The molecule has 0 spiro atoms. The summed E-state index contributed by atoms with van der Waals surface area (Å²) in [6.07, 6.45) is 0. The Hall–Kier alpha value is -3.18. The summed E-state index contributed by atoms with van der Waals surface area (Å²) in [4.78, 5) is 23.4. The molecule has 0 bridgehead atoms. The van der Waals surface area contributed by atoms with Crippen molar-refractivity contribution in [2.45, 2.75) is 11.5 Å². The maximum absolute atomic E-state index is 12.6. The molecule has 3 rings (SSSR count). The summed E-state index contributed by atoms with van der Waals surface area (Å²) < 4.78 is 10.2. The van der Waals surface area contributed by atoms with Gasteiger partial charge in [-0.1, -0.05) is 41.7 Å². The minimum absolute atomic E-state index is 0.159. The van der Waals surface area contributed by atoms with E-state index in [1.807, 2.05) is 18.2 Å². The Morgan fingerprint density at radius 3 is 2.50 bits per heavy atom. The number of carbonyl (C=O) groups is 1.